The number of nitrogen functional groups attached to an aromatic ring is 1. The number of nitrogens with two attached hydrogens (primary N) is 2. The van der Waals surface area contributed by atoms with E-state index in [2.05, 4.69) is 9.69 Å². The van der Waals surface area contributed by atoms with Crippen LogP contribution in [0.15, 0.2) is 24.3 Å². The molecule has 0 bridgehead atoms. The normalized spacial score (nSPS) is 14.7. The molecule has 0 unspecified atom stereocenters. The Kier molecular flexibility index (Phi) is 8.74. The summed E-state index contributed by atoms with van der Waals surface area (Å²) in [6.07, 6.45) is 4.58. The zero-order valence-corrected chi connectivity index (χ0v) is 20.1. The second-order valence-corrected chi connectivity index (χ2v) is 8.95. The van der Waals surface area contributed by atoms with Crippen LogP contribution in [-0.2, 0) is 14.3 Å². The molecule has 1 aromatic carbocycles. The molecule has 3 amide bonds. The second-order valence-electron chi connectivity index (χ2n) is 8.17. The number of rotatable bonds is 9. The van der Waals surface area contributed by atoms with Crippen molar-refractivity contribution in [3.63, 3.8) is 0 Å². The maximum absolute atomic E-state index is 13.7. The molecule has 1 saturated carbocycles. The largest absolute Gasteiger partial charge is 0.465 e. The quantitative estimate of drug-likeness (QED) is 0.441. The van der Waals surface area contributed by atoms with Gasteiger partial charge in [-0.15, -0.1) is 0 Å². The topological polar surface area (TPSA) is 158 Å². The summed E-state index contributed by atoms with van der Waals surface area (Å²) in [5.74, 6) is -3.54. The highest BCUT2D eigenvalue weighted by Crippen LogP contribution is 2.29. The average Bonchev–Trinajstić information content (AvgIpc) is 3.21. The number of carbonyl (C=O) groups excluding carboxylic acids is 4. The van der Waals surface area contributed by atoms with E-state index in [1.807, 2.05) is 0 Å². The molecule has 1 aromatic heterocycles. The van der Waals surface area contributed by atoms with E-state index in [0.29, 0.717) is 11.5 Å². The van der Waals surface area contributed by atoms with Gasteiger partial charge in [-0.1, -0.05) is 31.4 Å². The van der Waals surface area contributed by atoms with Crippen LogP contribution < -0.4 is 16.8 Å². The van der Waals surface area contributed by atoms with Crippen LogP contribution in [0.25, 0.3) is 0 Å². The summed E-state index contributed by atoms with van der Waals surface area (Å²) >= 11 is 0.633. The Morgan fingerprint density at radius 1 is 1.20 bits per heavy atom. The van der Waals surface area contributed by atoms with Gasteiger partial charge in [0.2, 0.25) is 5.91 Å². The minimum Gasteiger partial charge on any atom is -0.465 e. The molecule has 0 aliphatic heterocycles. The van der Waals surface area contributed by atoms with Crippen molar-refractivity contribution in [1.82, 2.24) is 14.6 Å². The molecule has 3 rings (SSSR count). The van der Waals surface area contributed by atoms with Gasteiger partial charge in [0.05, 0.1) is 12.3 Å². The van der Waals surface area contributed by atoms with Crippen LogP contribution in [0.4, 0.5) is 10.1 Å². The van der Waals surface area contributed by atoms with Crippen molar-refractivity contribution in [3.8, 4) is 0 Å². The highest BCUT2D eigenvalue weighted by atomic mass is 32.1. The summed E-state index contributed by atoms with van der Waals surface area (Å²) < 4.78 is 22.5. The third-order valence-corrected chi connectivity index (χ3v) is 6.57. The zero-order valence-electron chi connectivity index (χ0n) is 19.3. The van der Waals surface area contributed by atoms with E-state index in [1.54, 1.807) is 6.92 Å². The summed E-state index contributed by atoms with van der Waals surface area (Å²) in [4.78, 5) is 52.1. The van der Waals surface area contributed by atoms with Crippen molar-refractivity contribution >= 4 is 40.9 Å². The van der Waals surface area contributed by atoms with E-state index in [0.717, 1.165) is 49.1 Å². The Hall–Kier alpha value is -3.54. The third-order valence-electron chi connectivity index (χ3n) is 5.72. The molecule has 1 aliphatic rings. The number of aromatic nitrogens is 1. The maximum atomic E-state index is 13.7. The SMILES string of the molecule is CCOC(=O)CN(C(=O)c1snc(C(N)=O)c1N)[C@@H](C(=O)NC1CCCCC1)c1ccc(F)cc1. The van der Waals surface area contributed by atoms with Crippen molar-refractivity contribution in [2.75, 3.05) is 18.9 Å². The molecule has 0 spiro atoms. The van der Waals surface area contributed by atoms with E-state index in [-0.39, 0.29) is 34.5 Å². The average molecular weight is 506 g/mol. The van der Waals surface area contributed by atoms with Crippen LogP contribution in [0.3, 0.4) is 0 Å². The van der Waals surface area contributed by atoms with Crippen molar-refractivity contribution in [2.45, 2.75) is 51.1 Å². The van der Waals surface area contributed by atoms with Gasteiger partial charge in [-0.25, -0.2) is 4.39 Å². The molecule has 1 atom stereocenters. The third kappa shape index (κ3) is 6.32. The van der Waals surface area contributed by atoms with Crippen LogP contribution in [0.1, 0.15) is 70.8 Å². The fraction of sp³-hybridized carbons (Fsp3) is 0.435. The van der Waals surface area contributed by atoms with Gasteiger partial charge in [-0.3, -0.25) is 19.2 Å². The number of anilines is 1. The molecular weight excluding hydrogens is 477 g/mol. The zero-order chi connectivity index (χ0) is 25.5. The molecule has 2 aromatic rings. The van der Waals surface area contributed by atoms with E-state index in [9.17, 15) is 23.6 Å². The number of nitrogens with one attached hydrogen (secondary N) is 1. The number of ether oxygens (including phenoxy) is 1. The predicted molar refractivity (Wildman–Crippen MR) is 127 cm³/mol. The van der Waals surface area contributed by atoms with Gasteiger partial charge in [0, 0.05) is 6.04 Å². The van der Waals surface area contributed by atoms with Crippen LogP contribution in [0.2, 0.25) is 0 Å². The smallest absolute Gasteiger partial charge is 0.325 e. The summed E-state index contributed by atoms with van der Waals surface area (Å²) in [5, 5.41) is 2.97. The second kappa shape index (κ2) is 11.7. The van der Waals surface area contributed by atoms with Crippen LogP contribution in [0, 0.1) is 5.82 Å². The van der Waals surface area contributed by atoms with Gasteiger partial charge in [-0.05, 0) is 49.0 Å². The fourth-order valence-electron chi connectivity index (χ4n) is 4.03. The van der Waals surface area contributed by atoms with Crippen molar-refractivity contribution in [3.05, 3.63) is 46.2 Å². The van der Waals surface area contributed by atoms with Crippen LogP contribution in [-0.4, -0.2) is 52.2 Å². The monoisotopic (exact) mass is 505 g/mol. The first-order valence-electron chi connectivity index (χ1n) is 11.3. The minimum atomic E-state index is -1.30. The molecule has 5 N–H and O–H groups in total. The Bertz CT molecular complexity index is 1080. The molecule has 10 nitrogen and oxygen atoms in total. The number of hydrogen-bond acceptors (Lipinski definition) is 8. The molecule has 0 saturated heterocycles. The van der Waals surface area contributed by atoms with Gasteiger partial charge in [0.1, 0.15) is 23.3 Å². The Morgan fingerprint density at radius 2 is 1.86 bits per heavy atom. The number of hydrogen-bond donors (Lipinski definition) is 3. The molecule has 12 heteroatoms. The molecule has 1 aliphatic carbocycles. The Labute approximate surface area is 206 Å². The first-order valence-corrected chi connectivity index (χ1v) is 12.1. The fourth-order valence-corrected chi connectivity index (χ4v) is 4.79. The number of amides is 3. The predicted octanol–water partition coefficient (Wildman–Crippen LogP) is 2.16. The molecule has 188 valence electrons. The number of carbonyl (C=O) groups is 4. The number of primary amides is 1. The number of halogens is 1. The number of esters is 1. The van der Waals surface area contributed by atoms with Crippen molar-refractivity contribution in [2.24, 2.45) is 5.73 Å². The van der Waals surface area contributed by atoms with Crippen LogP contribution >= 0.6 is 11.5 Å². The summed E-state index contributed by atoms with van der Waals surface area (Å²) in [6, 6.07) is 3.68. The van der Waals surface area contributed by atoms with E-state index >= 15 is 0 Å². The molecule has 0 radical (unpaired) electrons. The first-order chi connectivity index (χ1) is 16.7. The lowest BCUT2D eigenvalue weighted by molar-refractivity contribution is -0.145. The van der Waals surface area contributed by atoms with Crippen molar-refractivity contribution in [1.29, 1.82) is 0 Å². The lowest BCUT2D eigenvalue weighted by atomic mass is 9.94. The first kappa shape index (κ1) is 26.1. The van der Waals surface area contributed by atoms with Gasteiger partial charge in [0.25, 0.3) is 11.8 Å². The summed E-state index contributed by atoms with van der Waals surface area (Å²) in [5.41, 5.74) is 11.0. The van der Waals surface area contributed by atoms with Gasteiger partial charge >= 0.3 is 5.97 Å². The summed E-state index contributed by atoms with van der Waals surface area (Å²) in [7, 11) is 0. The van der Waals surface area contributed by atoms with Crippen molar-refractivity contribution < 1.29 is 28.3 Å². The number of benzene rings is 1. The Balaban J connectivity index is 2.04. The lowest BCUT2D eigenvalue weighted by Gasteiger charge is -2.32. The Morgan fingerprint density at radius 3 is 2.43 bits per heavy atom. The molecule has 1 heterocycles. The van der Waals surface area contributed by atoms with Gasteiger partial charge in [0.15, 0.2) is 5.69 Å². The highest BCUT2D eigenvalue weighted by molar-refractivity contribution is 7.09. The molecule has 1 fully saturated rings. The maximum Gasteiger partial charge on any atom is 0.325 e. The highest BCUT2D eigenvalue weighted by Gasteiger charge is 2.37. The molecule has 35 heavy (non-hydrogen) atoms. The van der Waals surface area contributed by atoms with E-state index < -0.39 is 42.1 Å². The minimum absolute atomic E-state index is 0.0604. The van der Waals surface area contributed by atoms with Gasteiger partial charge in [-0.2, -0.15) is 4.37 Å². The summed E-state index contributed by atoms with van der Waals surface area (Å²) in [6.45, 7) is 1.08. The standard InChI is InChI=1S/C23H28FN5O5S/c1-2-34-16(30)12-29(23(33)20-17(25)18(21(26)31)28-35-20)19(13-8-10-14(24)11-9-13)22(32)27-15-6-4-3-5-7-15/h8-11,15,19H,2-7,12,25H2,1H3,(H2,26,31)(H,27,32)/t19-/m1/s1. The van der Waals surface area contributed by atoms with Crippen LogP contribution in [0.5, 0.6) is 0 Å². The van der Waals surface area contributed by atoms with E-state index in [4.69, 9.17) is 16.2 Å². The van der Waals surface area contributed by atoms with Gasteiger partial charge < -0.3 is 26.4 Å². The number of nitrogens with zero attached hydrogens (tertiary/aromatic N) is 2. The lowest BCUT2D eigenvalue weighted by Crippen LogP contribution is -2.48. The molecular formula is C23H28FN5O5S. The van der Waals surface area contributed by atoms with E-state index in [1.165, 1.54) is 12.1 Å².